The molecule has 0 aromatic rings. The van der Waals surface area contributed by atoms with Gasteiger partial charge in [0.25, 0.3) is 0 Å². The van der Waals surface area contributed by atoms with Crippen LogP contribution < -0.4 is 5.73 Å². The number of rotatable bonds is 5. The fourth-order valence-corrected chi connectivity index (χ4v) is 1.33. The fraction of sp³-hybridized carbons (Fsp3) is 0.750. The Kier molecular flexibility index (Phi) is 4.40. The lowest BCUT2D eigenvalue weighted by Gasteiger charge is -2.26. The Morgan fingerprint density at radius 3 is 2.15 bits per heavy atom. The van der Waals surface area contributed by atoms with Crippen molar-refractivity contribution < 1.29 is 14.7 Å². The van der Waals surface area contributed by atoms with Gasteiger partial charge in [-0.3, -0.25) is 14.5 Å². The molecule has 0 aliphatic carbocycles. The molecule has 0 radical (unpaired) electrons. The molecule has 0 aromatic heterocycles. The zero-order valence-corrected chi connectivity index (χ0v) is 8.15. The molecule has 0 aliphatic rings. The molecule has 0 rings (SSSR count). The van der Waals surface area contributed by atoms with Crippen molar-refractivity contribution in [2.75, 3.05) is 13.6 Å². The monoisotopic (exact) mass is 188 g/mol. The van der Waals surface area contributed by atoms with Crippen LogP contribution >= 0.6 is 0 Å². The summed E-state index contributed by atoms with van der Waals surface area (Å²) in [5, 5.41) is 8.83. The normalized spacial score (nSPS) is 13.3. The standard InChI is InChI=1S/C8H16N2O3/c1-5(2)7(8(12)13)10(3)4-6(9)11/h5,7H,4H2,1-3H3,(H2,9,11)(H,12,13). The molecule has 76 valence electrons. The van der Waals surface area contributed by atoms with Crippen molar-refractivity contribution in [3.63, 3.8) is 0 Å². The van der Waals surface area contributed by atoms with E-state index in [2.05, 4.69) is 0 Å². The van der Waals surface area contributed by atoms with E-state index in [1.165, 1.54) is 4.90 Å². The number of hydrogen-bond donors (Lipinski definition) is 2. The molecule has 0 fully saturated rings. The van der Waals surface area contributed by atoms with E-state index < -0.39 is 17.9 Å². The summed E-state index contributed by atoms with van der Waals surface area (Å²) < 4.78 is 0. The molecular formula is C8H16N2O3. The summed E-state index contributed by atoms with van der Waals surface area (Å²) >= 11 is 0. The van der Waals surface area contributed by atoms with Gasteiger partial charge in [-0.15, -0.1) is 0 Å². The molecule has 0 bridgehead atoms. The number of aliphatic carboxylic acids is 1. The van der Waals surface area contributed by atoms with Gasteiger partial charge in [-0.25, -0.2) is 0 Å². The van der Waals surface area contributed by atoms with Gasteiger partial charge < -0.3 is 10.8 Å². The zero-order valence-electron chi connectivity index (χ0n) is 8.15. The highest BCUT2D eigenvalue weighted by molar-refractivity contribution is 5.78. The molecule has 0 saturated carbocycles. The summed E-state index contributed by atoms with van der Waals surface area (Å²) in [5.74, 6) is -1.50. The highest BCUT2D eigenvalue weighted by Gasteiger charge is 2.26. The first-order chi connectivity index (χ1) is 5.86. The second-order valence-electron chi connectivity index (χ2n) is 3.41. The number of hydrogen-bond acceptors (Lipinski definition) is 3. The van der Waals surface area contributed by atoms with Gasteiger partial charge in [0.1, 0.15) is 6.04 Å². The van der Waals surface area contributed by atoms with Gasteiger partial charge in [0, 0.05) is 0 Å². The minimum Gasteiger partial charge on any atom is -0.480 e. The van der Waals surface area contributed by atoms with Crippen molar-refractivity contribution in [2.45, 2.75) is 19.9 Å². The second-order valence-corrected chi connectivity index (χ2v) is 3.41. The van der Waals surface area contributed by atoms with Crippen LogP contribution in [0.4, 0.5) is 0 Å². The van der Waals surface area contributed by atoms with Gasteiger partial charge in [-0.1, -0.05) is 13.8 Å². The number of nitrogens with two attached hydrogens (primary N) is 1. The van der Waals surface area contributed by atoms with Crippen LogP contribution in [0.3, 0.4) is 0 Å². The van der Waals surface area contributed by atoms with E-state index in [-0.39, 0.29) is 12.5 Å². The number of carboxylic acids is 1. The number of nitrogens with zero attached hydrogens (tertiary/aromatic N) is 1. The van der Waals surface area contributed by atoms with Crippen molar-refractivity contribution in [3.8, 4) is 0 Å². The molecule has 0 aromatic carbocycles. The summed E-state index contributed by atoms with van der Waals surface area (Å²) in [5.41, 5.74) is 4.96. The summed E-state index contributed by atoms with van der Waals surface area (Å²) in [6.07, 6.45) is 0. The lowest BCUT2D eigenvalue weighted by atomic mass is 10.0. The van der Waals surface area contributed by atoms with Gasteiger partial charge in [0.2, 0.25) is 5.91 Å². The van der Waals surface area contributed by atoms with Gasteiger partial charge in [-0.2, -0.15) is 0 Å². The van der Waals surface area contributed by atoms with Gasteiger partial charge >= 0.3 is 5.97 Å². The van der Waals surface area contributed by atoms with Crippen molar-refractivity contribution in [1.29, 1.82) is 0 Å². The van der Waals surface area contributed by atoms with Crippen LogP contribution in [-0.2, 0) is 9.59 Å². The number of primary amides is 1. The second kappa shape index (κ2) is 4.81. The van der Waals surface area contributed by atoms with E-state index in [9.17, 15) is 9.59 Å². The molecule has 13 heavy (non-hydrogen) atoms. The third-order valence-corrected chi connectivity index (χ3v) is 1.76. The summed E-state index contributed by atoms with van der Waals surface area (Å²) in [6.45, 7) is 3.54. The first-order valence-electron chi connectivity index (χ1n) is 4.07. The highest BCUT2D eigenvalue weighted by Crippen LogP contribution is 2.08. The molecule has 0 heterocycles. The molecule has 5 nitrogen and oxygen atoms in total. The molecular weight excluding hydrogens is 172 g/mol. The van der Waals surface area contributed by atoms with E-state index in [0.717, 1.165) is 0 Å². The maximum atomic E-state index is 10.8. The Morgan fingerprint density at radius 1 is 1.46 bits per heavy atom. The molecule has 0 aliphatic heterocycles. The third kappa shape index (κ3) is 3.89. The van der Waals surface area contributed by atoms with Gasteiger partial charge in [0.05, 0.1) is 6.54 Å². The van der Waals surface area contributed by atoms with E-state index in [0.29, 0.717) is 0 Å². The van der Waals surface area contributed by atoms with Crippen LogP contribution in [0.5, 0.6) is 0 Å². The first kappa shape index (κ1) is 11.9. The van der Waals surface area contributed by atoms with E-state index in [1.54, 1.807) is 20.9 Å². The Labute approximate surface area is 77.5 Å². The van der Waals surface area contributed by atoms with E-state index in [1.807, 2.05) is 0 Å². The van der Waals surface area contributed by atoms with Gasteiger partial charge in [0.15, 0.2) is 0 Å². The fourth-order valence-electron chi connectivity index (χ4n) is 1.33. The van der Waals surface area contributed by atoms with Crippen LogP contribution in [0.15, 0.2) is 0 Å². The van der Waals surface area contributed by atoms with Crippen molar-refractivity contribution in [2.24, 2.45) is 11.7 Å². The average Bonchev–Trinajstić information content (AvgIpc) is 1.81. The summed E-state index contributed by atoms with van der Waals surface area (Å²) in [4.78, 5) is 22.8. The Balaban J connectivity index is 4.37. The van der Waals surface area contributed by atoms with Gasteiger partial charge in [-0.05, 0) is 13.0 Å². The predicted molar refractivity (Wildman–Crippen MR) is 48.1 cm³/mol. The smallest absolute Gasteiger partial charge is 0.321 e. The average molecular weight is 188 g/mol. The van der Waals surface area contributed by atoms with Crippen LogP contribution in [0.25, 0.3) is 0 Å². The molecule has 0 saturated heterocycles. The molecule has 1 atom stereocenters. The molecule has 1 unspecified atom stereocenters. The Hall–Kier alpha value is -1.10. The number of carbonyl (C=O) groups excluding carboxylic acids is 1. The molecule has 1 amide bonds. The molecule has 3 N–H and O–H groups in total. The summed E-state index contributed by atoms with van der Waals surface area (Å²) in [6, 6.07) is -0.660. The first-order valence-corrected chi connectivity index (χ1v) is 4.07. The number of carbonyl (C=O) groups is 2. The van der Waals surface area contributed by atoms with E-state index >= 15 is 0 Å². The zero-order chi connectivity index (χ0) is 10.6. The Bertz CT molecular complexity index is 204. The van der Waals surface area contributed by atoms with E-state index in [4.69, 9.17) is 10.8 Å². The van der Waals surface area contributed by atoms with Crippen LogP contribution in [0, 0.1) is 5.92 Å². The van der Waals surface area contributed by atoms with Crippen molar-refractivity contribution >= 4 is 11.9 Å². The Morgan fingerprint density at radius 2 is 1.92 bits per heavy atom. The van der Waals surface area contributed by atoms with Crippen molar-refractivity contribution in [1.82, 2.24) is 4.90 Å². The maximum absolute atomic E-state index is 10.8. The lowest BCUT2D eigenvalue weighted by molar-refractivity contribution is -0.144. The number of likely N-dealkylation sites (N-methyl/N-ethyl adjacent to an activating group) is 1. The maximum Gasteiger partial charge on any atom is 0.321 e. The van der Waals surface area contributed by atoms with Crippen molar-refractivity contribution in [3.05, 3.63) is 0 Å². The number of carboxylic acid groups (broad SMARTS) is 1. The predicted octanol–water partition coefficient (Wildman–Crippen LogP) is -0.487. The summed E-state index contributed by atoms with van der Waals surface area (Å²) in [7, 11) is 1.57. The molecule has 0 spiro atoms. The topological polar surface area (TPSA) is 83.6 Å². The molecule has 5 heteroatoms. The minimum atomic E-state index is -0.932. The minimum absolute atomic E-state index is 0.0326. The third-order valence-electron chi connectivity index (χ3n) is 1.76. The lowest BCUT2D eigenvalue weighted by Crippen LogP contribution is -2.45. The SMILES string of the molecule is CC(C)C(C(=O)O)N(C)CC(N)=O. The largest absolute Gasteiger partial charge is 0.480 e. The van der Waals surface area contributed by atoms with Crippen LogP contribution in [0.2, 0.25) is 0 Å². The van der Waals surface area contributed by atoms with Crippen LogP contribution in [-0.4, -0.2) is 41.5 Å². The van der Waals surface area contributed by atoms with Crippen LogP contribution in [0.1, 0.15) is 13.8 Å². The highest BCUT2D eigenvalue weighted by atomic mass is 16.4. The quantitative estimate of drug-likeness (QED) is 0.610. The number of amides is 1.